The van der Waals surface area contributed by atoms with E-state index in [1.54, 1.807) is 0 Å². The minimum atomic E-state index is -0.744. The van der Waals surface area contributed by atoms with Gasteiger partial charge in [0.2, 0.25) is 0 Å². The van der Waals surface area contributed by atoms with Crippen LogP contribution in [0.2, 0.25) is 0 Å². The van der Waals surface area contributed by atoms with Crippen LogP contribution >= 0.6 is 0 Å². The summed E-state index contributed by atoms with van der Waals surface area (Å²) in [5.74, 6) is 1.51. The molecule has 5 aromatic carbocycles. The van der Waals surface area contributed by atoms with E-state index < -0.39 is 7.25 Å². The summed E-state index contributed by atoms with van der Waals surface area (Å²) < 4.78 is 15.8. The van der Waals surface area contributed by atoms with Crippen molar-refractivity contribution in [1.82, 2.24) is 4.48 Å². The molecule has 3 aliphatic heterocycles. The Morgan fingerprint density at radius 1 is 0.523 bits per heavy atom. The maximum absolute atomic E-state index is 6.87. The Morgan fingerprint density at radius 3 is 1.75 bits per heavy atom. The number of benzene rings is 5. The molecule has 3 aliphatic rings. The summed E-state index contributed by atoms with van der Waals surface area (Å²) in [6, 6.07) is 50.2. The quantitative estimate of drug-likeness (QED) is 0.202. The van der Waals surface area contributed by atoms with E-state index in [-0.39, 0.29) is 0 Å². The van der Waals surface area contributed by atoms with Crippen molar-refractivity contribution in [3.05, 3.63) is 180 Å². The predicted molar refractivity (Wildman–Crippen MR) is 178 cm³/mol. The zero-order chi connectivity index (χ0) is 29.0. The molecule has 0 fully saturated rings. The van der Waals surface area contributed by atoms with E-state index in [1.807, 2.05) is 30.3 Å². The summed E-state index contributed by atoms with van der Waals surface area (Å²) in [4.78, 5) is 5.43. The lowest BCUT2D eigenvalue weighted by molar-refractivity contribution is 0.403. The lowest BCUT2D eigenvalue weighted by atomic mass is 9.89. The van der Waals surface area contributed by atoms with E-state index in [2.05, 4.69) is 126 Å². The van der Waals surface area contributed by atoms with Crippen molar-refractivity contribution in [2.45, 2.75) is 0 Å². The Bertz CT molecular complexity index is 2160. The Kier molecular flexibility index (Phi) is 5.57. The molecule has 4 nitrogen and oxygen atoms in total. The second kappa shape index (κ2) is 9.89. The van der Waals surface area contributed by atoms with E-state index in [4.69, 9.17) is 14.3 Å². The average Bonchev–Trinajstić information content (AvgIpc) is 3.70. The van der Waals surface area contributed by atoms with Gasteiger partial charge in [-0.15, -0.1) is 0 Å². The maximum atomic E-state index is 6.87. The first-order chi connectivity index (χ1) is 21.8. The van der Waals surface area contributed by atoms with Crippen LogP contribution in [-0.4, -0.2) is 17.4 Å². The van der Waals surface area contributed by atoms with Crippen molar-refractivity contribution in [3.8, 4) is 33.9 Å². The van der Waals surface area contributed by atoms with Gasteiger partial charge >= 0.3 is 7.25 Å². The third-order valence-corrected chi connectivity index (χ3v) is 8.50. The molecule has 9 rings (SSSR count). The number of hydrogen-bond acceptors (Lipinski definition) is 3. The molecule has 0 saturated heterocycles. The predicted octanol–water partition coefficient (Wildman–Crippen LogP) is 8.79. The molecule has 2 bridgehead atoms. The molecule has 0 atom stereocenters. The van der Waals surface area contributed by atoms with Crippen molar-refractivity contribution < 1.29 is 9.31 Å². The summed E-state index contributed by atoms with van der Waals surface area (Å²) >= 11 is 0. The highest BCUT2D eigenvalue weighted by molar-refractivity contribution is 6.47. The number of aliphatic imine (C=N–C) groups is 1. The molecular formula is C39H25BN2O2. The second-order valence-corrected chi connectivity index (χ2v) is 11.1. The Balaban J connectivity index is 1.47. The summed E-state index contributed by atoms with van der Waals surface area (Å²) in [5, 5.41) is 0. The number of aromatic nitrogens is 1. The fraction of sp³-hybridized carbons (Fsp3) is 0. The van der Waals surface area contributed by atoms with Crippen molar-refractivity contribution in [3.63, 3.8) is 0 Å². The van der Waals surface area contributed by atoms with Crippen LogP contribution in [0, 0.1) is 0 Å². The number of nitrogens with zero attached hydrogens (tertiary/aromatic N) is 2. The molecular weight excluding hydrogens is 539 g/mol. The van der Waals surface area contributed by atoms with Crippen LogP contribution in [0.25, 0.3) is 33.5 Å². The zero-order valence-corrected chi connectivity index (χ0v) is 23.7. The Morgan fingerprint density at radius 2 is 1.07 bits per heavy atom. The first-order valence-electron chi connectivity index (χ1n) is 14.8. The first kappa shape index (κ1) is 24.8. The van der Waals surface area contributed by atoms with Gasteiger partial charge in [0.1, 0.15) is 11.5 Å². The largest absolute Gasteiger partial charge is 0.743 e. The van der Waals surface area contributed by atoms with Crippen LogP contribution in [0.15, 0.2) is 162 Å². The first-order valence-corrected chi connectivity index (χ1v) is 14.8. The van der Waals surface area contributed by atoms with Crippen LogP contribution in [-0.2, 0) is 0 Å². The SMILES string of the molecule is C1=C(c2ccccc2)/C2=C(\c3ccccc3)c3c(-c4ccccc4)cc4n3B(Oc3ccccc3C1=N2)Oc1ccccc1-4. The van der Waals surface area contributed by atoms with Crippen LogP contribution in [0.5, 0.6) is 11.5 Å². The Hall–Kier alpha value is -5.81. The molecule has 6 aromatic rings. The van der Waals surface area contributed by atoms with Gasteiger partial charge in [0, 0.05) is 33.5 Å². The van der Waals surface area contributed by atoms with E-state index in [1.165, 1.54) is 0 Å². The molecule has 206 valence electrons. The van der Waals surface area contributed by atoms with Gasteiger partial charge in [-0.2, -0.15) is 0 Å². The van der Waals surface area contributed by atoms with Crippen molar-refractivity contribution in [2.75, 3.05) is 0 Å². The highest BCUT2D eigenvalue weighted by Crippen LogP contribution is 2.48. The fourth-order valence-corrected chi connectivity index (χ4v) is 6.53. The number of hydrogen-bond donors (Lipinski definition) is 0. The van der Waals surface area contributed by atoms with E-state index >= 15 is 0 Å². The molecule has 44 heavy (non-hydrogen) atoms. The monoisotopic (exact) mass is 564 g/mol. The van der Waals surface area contributed by atoms with E-state index in [0.717, 1.165) is 78.8 Å². The van der Waals surface area contributed by atoms with Crippen molar-refractivity contribution in [2.24, 2.45) is 4.99 Å². The molecule has 0 amide bonds. The number of rotatable bonds is 3. The number of fused-ring (bicyclic) bond motifs is 5. The van der Waals surface area contributed by atoms with Crippen LogP contribution in [0.4, 0.5) is 0 Å². The lowest BCUT2D eigenvalue weighted by Gasteiger charge is -2.29. The van der Waals surface area contributed by atoms with E-state index in [0.29, 0.717) is 0 Å². The Labute approximate surface area is 256 Å². The smallest absolute Gasteiger partial charge is 0.506 e. The highest BCUT2D eigenvalue weighted by atomic mass is 16.6. The third-order valence-electron chi connectivity index (χ3n) is 8.50. The van der Waals surface area contributed by atoms with Gasteiger partial charge in [0.25, 0.3) is 0 Å². The van der Waals surface area contributed by atoms with Crippen LogP contribution in [0.1, 0.15) is 22.4 Å². The van der Waals surface area contributed by atoms with Crippen molar-refractivity contribution in [1.29, 1.82) is 0 Å². The molecule has 0 saturated carbocycles. The molecule has 5 heteroatoms. The van der Waals surface area contributed by atoms with Gasteiger partial charge < -0.3 is 13.8 Å². The van der Waals surface area contributed by atoms with Gasteiger partial charge in [0.15, 0.2) is 0 Å². The molecule has 0 aliphatic carbocycles. The van der Waals surface area contributed by atoms with Gasteiger partial charge in [-0.25, -0.2) is 4.99 Å². The third kappa shape index (κ3) is 3.83. The molecule has 0 radical (unpaired) electrons. The molecule has 0 unspecified atom stereocenters. The van der Waals surface area contributed by atoms with Crippen LogP contribution < -0.4 is 9.31 Å². The zero-order valence-electron chi connectivity index (χ0n) is 23.7. The minimum Gasteiger partial charge on any atom is -0.506 e. The molecule has 4 heterocycles. The van der Waals surface area contributed by atoms with Gasteiger partial charge in [-0.1, -0.05) is 115 Å². The molecule has 0 N–H and O–H groups in total. The normalized spacial score (nSPS) is 16.0. The number of allylic oxidation sites excluding steroid dienone is 2. The summed E-state index contributed by atoms with van der Waals surface area (Å²) in [6.45, 7) is 0. The van der Waals surface area contributed by atoms with Gasteiger partial charge in [0.05, 0.1) is 17.1 Å². The summed E-state index contributed by atoms with van der Waals surface area (Å²) in [6.07, 6.45) is 2.20. The topological polar surface area (TPSA) is 35.8 Å². The van der Waals surface area contributed by atoms with Gasteiger partial charge in [-0.05, 0) is 53.1 Å². The second-order valence-electron chi connectivity index (χ2n) is 11.1. The minimum absolute atomic E-state index is 0.718. The molecule has 1 aromatic heterocycles. The average molecular weight is 564 g/mol. The summed E-state index contributed by atoms with van der Waals surface area (Å²) in [7, 11) is -0.744. The van der Waals surface area contributed by atoms with Crippen molar-refractivity contribution >= 4 is 24.1 Å². The van der Waals surface area contributed by atoms with Gasteiger partial charge in [-0.3, -0.25) is 0 Å². The fourth-order valence-electron chi connectivity index (χ4n) is 6.53. The highest BCUT2D eigenvalue weighted by Gasteiger charge is 2.42. The van der Waals surface area contributed by atoms with E-state index in [9.17, 15) is 0 Å². The summed E-state index contributed by atoms with van der Waals surface area (Å²) in [5.41, 5.74) is 12.2. The lowest BCUT2D eigenvalue weighted by Crippen LogP contribution is -2.42. The molecule has 0 spiro atoms. The number of para-hydroxylation sites is 2. The standard InChI is InChI=1S/C39H25BN2O2/c1-4-14-26(15-5-1)31-24-33-29-20-10-12-22-35(29)43-40-42-34(30-21-11-13-23-36(30)44-40)25-32(27-16-6-2-7-17-27)39(42)37(38(31)41-33)28-18-8-3-9-19-28/h1-25H/b38-37-. The van der Waals surface area contributed by atoms with Crippen LogP contribution in [0.3, 0.4) is 0 Å². The maximum Gasteiger partial charge on any atom is 0.743 e.